The molecule has 2 aromatic carbocycles. The smallest absolute Gasteiger partial charge is 0.408 e. The van der Waals surface area contributed by atoms with Crippen molar-refractivity contribution < 1.29 is 17.0 Å². The van der Waals surface area contributed by atoms with Crippen LogP contribution in [0.1, 0.15) is 5.56 Å². The molecule has 0 amide bonds. The van der Waals surface area contributed by atoms with Gasteiger partial charge in [-0.15, -0.1) is 0 Å². The average molecular weight is 303 g/mol. The molecule has 0 fully saturated rings. The van der Waals surface area contributed by atoms with Gasteiger partial charge in [-0.1, -0.05) is 42.5 Å². The van der Waals surface area contributed by atoms with Crippen molar-refractivity contribution in [2.45, 2.75) is 6.42 Å². The summed E-state index contributed by atoms with van der Waals surface area (Å²) in [5.41, 5.74) is 1.98. The molecule has 5 nitrogen and oxygen atoms in total. The molecule has 0 aliphatic carbocycles. The summed E-state index contributed by atoms with van der Waals surface area (Å²) in [7, 11) is -3.74. The van der Waals surface area contributed by atoms with Crippen molar-refractivity contribution in [1.29, 1.82) is 0 Å². The largest absolute Gasteiger partial charge is 0.410 e. The Morgan fingerprint density at radius 3 is 2.48 bits per heavy atom. The summed E-state index contributed by atoms with van der Waals surface area (Å²) in [6.07, 6.45) is 0.132. The van der Waals surface area contributed by atoms with Gasteiger partial charge in [0.05, 0.1) is 5.75 Å². The van der Waals surface area contributed by atoms with Crippen molar-refractivity contribution >= 4 is 21.2 Å². The number of rotatable bonds is 5. The number of nitrogens with zero attached hydrogens (tertiary/aromatic N) is 1. The maximum atomic E-state index is 11.9. The zero-order valence-corrected chi connectivity index (χ0v) is 11.9. The lowest BCUT2D eigenvalue weighted by molar-refractivity contribution is 0.382. The number of hydrogen-bond acceptors (Lipinski definition) is 5. The molecule has 108 valence electrons. The number of benzene rings is 2. The Morgan fingerprint density at radius 1 is 1.00 bits per heavy atom. The van der Waals surface area contributed by atoms with Crippen molar-refractivity contribution in [2.24, 2.45) is 0 Å². The summed E-state index contributed by atoms with van der Waals surface area (Å²) in [4.78, 5) is 3.98. The summed E-state index contributed by atoms with van der Waals surface area (Å²) in [6, 6.07) is 16.3. The summed E-state index contributed by atoms with van der Waals surface area (Å²) in [6.45, 7) is 0. The van der Waals surface area contributed by atoms with Crippen LogP contribution in [-0.4, -0.2) is 19.2 Å². The van der Waals surface area contributed by atoms with Crippen LogP contribution in [0.25, 0.3) is 11.1 Å². The van der Waals surface area contributed by atoms with Gasteiger partial charge in [-0.2, -0.15) is 13.4 Å². The van der Waals surface area contributed by atoms with Gasteiger partial charge in [0.15, 0.2) is 5.58 Å². The van der Waals surface area contributed by atoms with Gasteiger partial charge in [0.1, 0.15) is 5.52 Å². The molecule has 0 bridgehead atoms. The van der Waals surface area contributed by atoms with Crippen LogP contribution in [0.2, 0.25) is 0 Å². The molecule has 0 radical (unpaired) electrons. The molecule has 1 aromatic heterocycles. The van der Waals surface area contributed by atoms with E-state index in [-0.39, 0.29) is 11.8 Å². The molecule has 0 N–H and O–H groups in total. The lowest BCUT2D eigenvalue weighted by atomic mass is 10.2. The maximum absolute atomic E-state index is 11.9. The standard InChI is InChI=1S/C15H13NO4S/c17-21(18,11-10-12-6-2-1-3-7-12)20-15-16-13-8-4-5-9-14(13)19-15/h1-9H,10-11H2. The number of oxazole rings is 1. The lowest BCUT2D eigenvalue weighted by Gasteiger charge is -2.03. The molecule has 0 unspecified atom stereocenters. The van der Waals surface area contributed by atoms with Gasteiger partial charge in [0.25, 0.3) is 0 Å². The molecule has 0 atom stereocenters. The Hall–Kier alpha value is -2.34. The SMILES string of the molecule is O=S(=O)(CCc1ccccc1)Oc1nc2ccccc2o1. The Labute approximate surface area is 122 Å². The first kappa shape index (κ1) is 13.6. The first-order valence-electron chi connectivity index (χ1n) is 6.44. The van der Waals surface area contributed by atoms with Gasteiger partial charge < -0.3 is 8.60 Å². The van der Waals surface area contributed by atoms with E-state index in [2.05, 4.69) is 4.98 Å². The van der Waals surface area contributed by atoms with Crippen LogP contribution in [0.3, 0.4) is 0 Å². The first-order valence-corrected chi connectivity index (χ1v) is 8.02. The van der Waals surface area contributed by atoms with Gasteiger partial charge in [-0.3, -0.25) is 0 Å². The van der Waals surface area contributed by atoms with Gasteiger partial charge in [0.2, 0.25) is 0 Å². The van der Waals surface area contributed by atoms with Crippen LogP contribution in [0.15, 0.2) is 59.0 Å². The monoisotopic (exact) mass is 303 g/mol. The minimum Gasteiger partial charge on any atom is -0.408 e. The van der Waals surface area contributed by atoms with Gasteiger partial charge >= 0.3 is 16.2 Å². The second kappa shape index (κ2) is 5.57. The highest BCUT2D eigenvalue weighted by molar-refractivity contribution is 7.87. The summed E-state index contributed by atoms with van der Waals surface area (Å²) in [5.74, 6) is -0.129. The highest BCUT2D eigenvalue weighted by Crippen LogP contribution is 2.21. The summed E-state index contributed by atoms with van der Waals surface area (Å²) >= 11 is 0. The zero-order chi connectivity index (χ0) is 14.7. The first-order chi connectivity index (χ1) is 10.1. The Bertz CT molecular complexity index is 807. The molecule has 6 heteroatoms. The molecule has 1 heterocycles. The van der Waals surface area contributed by atoms with E-state index in [1.165, 1.54) is 0 Å². The molecule has 3 rings (SSSR count). The second-order valence-electron chi connectivity index (χ2n) is 4.53. The van der Waals surface area contributed by atoms with E-state index in [1.54, 1.807) is 24.3 Å². The van der Waals surface area contributed by atoms with Crippen LogP contribution in [0.4, 0.5) is 0 Å². The van der Waals surface area contributed by atoms with Crippen molar-refractivity contribution in [1.82, 2.24) is 4.98 Å². The zero-order valence-electron chi connectivity index (χ0n) is 11.1. The van der Waals surface area contributed by atoms with E-state index >= 15 is 0 Å². The topological polar surface area (TPSA) is 69.4 Å². The van der Waals surface area contributed by atoms with Crippen LogP contribution in [0.5, 0.6) is 6.08 Å². The molecule has 0 saturated carbocycles. The predicted octanol–water partition coefficient (Wildman–Crippen LogP) is 2.78. The molecular weight excluding hydrogens is 290 g/mol. The third-order valence-corrected chi connectivity index (χ3v) is 4.06. The summed E-state index contributed by atoms with van der Waals surface area (Å²) < 4.78 is 34.0. The predicted molar refractivity (Wildman–Crippen MR) is 78.6 cm³/mol. The van der Waals surface area contributed by atoms with Gasteiger partial charge in [-0.05, 0) is 24.1 Å². The molecular formula is C15H13NO4S. The van der Waals surface area contributed by atoms with Gasteiger partial charge in [0, 0.05) is 0 Å². The van der Waals surface area contributed by atoms with Crippen LogP contribution in [0, 0.1) is 0 Å². The van der Waals surface area contributed by atoms with Gasteiger partial charge in [-0.25, -0.2) is 0 Å². The fraction of sp³-hybridized carbons (Fsp3) is 0.133. The lowest BCUT2D eigenvalue weighted by Crippen LogP contribution is -2.15. The number of hydrogen-bond donors (Lipinski definition) is 0. The quantitative estimate of drug-likeness (QED) is 0.678. The molecule has 0 aliphatic heterocycles. The molecule has 0 saturated heterocycles. The van der Waals surface area contributed by atoms with Crippen molar-refractivity contribution in [2.75, 3.05) is 5.75 Å². The minimum absolute atomic E-state index is 0.129. The van der Waals surface area contributed by atoms with E-state index in [4.69, 9.17) is 8.60 Å². The third-order valence-electron chi connectivity index (χ3n) is 2.96. The highest BCUT2D eigenvalue weighted by atomic mass is 32.2. The van der Waals surface area contributed by atoms with Crippen LogP contribution < -0.4 is 4.18 Å². The van der Waals surface area contributed by atoms with Crippen LogP contribution >= 0.6 is 0 Å². The number of para-hydroxylation sites is 2. The Kier molecular flexibility index (Phi) is 3.62. The fourth-order valence-corrected chi connectivity index (χ4v) is 2.78. The maximum Gasteiger partial charge on any atom is 0.410 e. The average Bonchev–Trinajstić information content (AvgIpc) is 2.87. The molecule has 21 heavy (non-hydrogen) atoms. The van der Waals surface area contributed by atoms with E-state index < -0.39 is 10.1 Å². The molecule has 0 spiro atoms. The Morgan fingerprint density at radius 2 is 1.71 bits per heavy atom. The fourth-order valence-electron chi connectivity index (χ4n) is 1.92. The molecule has 0 aliphatic rings. The third kappa shape index (κ3) is 3.41. The van der Waals surface area contributed by atoms with Crippen molar-refractivity contribution in [3.63, 3.8) is 0 Å². The van der Waals surface area contributed by atoms with Crippen LogP contribution in [-0.2, 0) is 16.5 Å². The normalized spacial score (nSPS) is 11.6. The Balaban J connectivity index is 1.70. The van der Waals surface area contributed by atoms with Crippen molar-refractivity contribution in [3.8, 4) is 6.08 Å². The summed E-state index contributed by atoms with van der Waals surface area (Å²) in [5, 5.41) is 0. The number of fused-ring (bicyclic) bond motifs is 1. The van der Waals surface area contributed by atoms with Crippen molar-refractivity contribution in [3.05, 3.63) is 60.2 Å². The van der Waals surface area contributed by atoms with E-state index in [9.17, 15) is 8.42 Å². The number of aromatic nitrogens is 1. The molecule has 3 aromatic rings. The van der Waals surface area contributed by atoms with E-state index in [1.807, 2.05) is 30.3 Å². The number of aryl methyl sites for hydroxylation is 1. The highest BCUT2D eigenvalue weighted by Gasteiger charge is 2.17. The minimum atomic E-state index is -3.74. The van der Waals surface area contributed by atoms with E-state index in [0.29, 0.717) is 17.5 Å². The van der Waals surface area contributed by atoms with E-state index in [0.717, 1.165) is 5.56 Å². The second-order valence-corrected chi connectivity index (χ2v) is 6.22.